The zero-order valence-electron chi connectivity index (χ0n) is 13.2. The van der Waals surface area contributed by atoms with Crippen LogP contribution in [-0.4, -0.2) is 18.0 Å². The van der Waals surface area contributed by atoms with E-state index < -0.39 is 12.1 Å². The summed E-state index contributed by atoms with van der Waals surface area (Å²) in [6.07, 6.45) is 2.39. The van der Waals surface area contributed by atoms with Crippen molar-refractivity contribution in [3.63, 3.8) is 0 Å². The van der Waals surface area contributed by atoms with Crippen LogP contribution in [-0.2, 0) is 22.4 Å². The molecule has 5 heteroatoms. The number of rotatable bonds is 4. The Kier molecular flexibility index (Phi) is 4.48. The second-order valence-corrected chi connectivity index (χ2v) is 6.95. The number of carbonyl (C=O) groups is 2. The molecule has 1 aromatic carbocycles. The predicted octanol–water partition coefficient (Wildman–Crippen LogP) is 3.73. The maximum Gasteiger partial charge on any atom is 0.349 e. The second kappa shape index (κ2) is 6.54. The maximum atomic E-state index is 12.2. The summed E-state index contributed by atoms with van der Waals surface area (Å²) in [6, 6.07) is 9.38. The average Bonchev–Trinajstić information content (AvgIpc) is 3.10. The monoisotopic (exact) mass is 329 g/mol. The molecule has 0 saturated carbocycles. The van der Waals surface area contributed by atoms with Crippen LogP contribution in [0.25, 0.3) is 0 Å². The fourth-order valence-corrected chi connectivity index (χ4v) is 3.72. The summed E-state index contributed by atoms with van der Waals surface area (Å²) >= 11 is 1.48. The van der Waals surface area contributed by atoms with Gasteiger partial charge in [-0.15, -0.1) is 11.3 Å². The molecule has 1 N–H and O–H groups in total. The molecule has 0 unspecified atom stereocenters. The lowest BCUT2D eigenvalue weighted by Gasteiger charge is -2.13. The van der Waals surface area contributed by atoms with Crippen molar-refractivity contribution in [2.24, 2.45) is 0 Å². The molecule has 4 nitrogen and oxygen atoms in total. The first kappa shape index (κ1) is 15.7. The van der Waals surface area contributed by atoms with E-state index in [9.17, 15) is 9.59 Å². The molecule has 1 amide bonds. The van der Waals surface area contributed by atoms with Crippen molar-refractivity contribution in [1.82, 2.24) is 0 Å². The molecule has 1 aliphatic carbocycles. The number of anilines is 1. The van der Waals surface area contributed by atoms with Crippen LogP contribution in [0.4, 0.5) is 5.69 Å². The van der Waals surface area contributed by atoms with E-state index in [-0.39, 0.29) is 5.91 Å². The number of hydrogen-bond acceptors (Lipinski definition) is 4. The van der Waals surface area contributed by atoms with Crippen LogP contribution in [0, 0.1) is 6.92 Å². The van der Waals surface area contributed by atoms with Crippen molar-refractivity contribution in [1.29, 1.82) is 0 Å². The van der Waals surface area contributed by atoms with Gasteiger partial charge in [-0.2, -0.15) is 0 Å². The van der Waals surface area contributed by atoms with Crippen LogP contribution in [0.2, 0.25) is 0 Å². The Bertz CT molecular complexity index is 712. The Morgan fingerprint density at radius 3 is 2.65 bits per heavy atom. The lowest BCUT2D eigenvalue weighted by Crippen LogP contribution is -2.29. The molecule has 23 heavy (non-hydrogen) atoms. The number of thiophene rings is 1. The van der Waals surface area contributed by atoms with Crippen molar-refractivity contribution in [2.75, 3.05) is 5.32 Å². The number of aryl methyl sites for hydroxylation is 3. The van der Waals surface area contributed by atoms with Crippen molar-refractivity contribution >= 4 is 28.9 Å². The largest absolute Gasteiger partial charge is 0.448 e. The molecule has 0 bridgehead atoms. The van der Waals surface area contributed by atoms with Crippen molar-refractivity contribution in [3.05, 3.63) is 51.2 Å². The van der Waals surface area contributed by atoms with Crippen LogP contribution in [0.5, 0.6) is 0 Å². The first-order valence-corrected chi connectivity index (χ1v) is 8.54. The lowest BCUT2D eigenvalue weighted by molar-refractivity contribution is -0.123. The summed E-state index contributed by atoms with van der Waals surface area (Å²) in [4.78, 5) is 26.1. The van der Waals surface area contributed by atoms with Gasteiger partial charge in [0.2, 0.25) is 0 Å². The number of amides is 1. The van der Waals surface area contributed by atoms with Gasteiger partial charge in [0.15, 0.2) is 6.10 Å². The van der Waals surface area contributed by atoms with Crippen LogP contribution in [0.1, 0.15) is 39.0 Å². The Hall–Kier alpha value is -2.14. The molecule has 1 atom stereocenters. The molecular formula is C18H19NO3S. The molecule has 1 aliphatic rings. The number of esters is 1. The Labute approximate surface area is 139 Å². The highest BCUT2D eigenvalue weighted by Crippen LogP contribution is 2.31. The quantitative estimate of drug-likeness (QED) is 0.870. The number of benzene rings is 1. The molecule has 0 aliphatic heterocycles. The fraction of sp³-hybridized carbons (Fsp3) is 0.333. The van der Waals surface area contributed by atoms with Gasteiger partial charge in [-0.25, -0.2) is 4.79 Å². The number of ether oxygens (including phenoxy) is 1. The molecule has 120 valence electrons. The molecule has 0 spiro atoms. The van der Waals surface area contributed by atoms with Gasteiger partial charge < -0.3 is 10.1 Å². The Morgan fingerprint density at radius 1 is 1.22 bits per heavy atom. The van der Waals surface area contributed by atoms with Gasteiger partial charge in [0, 0.05) is 10.6 Å². The standard InChI is InChI=1S/C18H19NO3S/c1-11-6-8-14(9-7-11)19-17(20)12(2)22-18(21)16-10-13-4-3-5-15(13)23-16/h6-10,12H,3-5H2,1-2H3,(H,19,20)/t12-/m1/s1. The van der Waals surface area contributed by atoms with E-state index in [0.717, 1.165) is 24.8 Å². The SMILES string of the molecule is Cc1ccc(NC(=O)[C@@H](C)OC(=O)c2cc3c(s2)CCC3)cc1. The Balaban J connectivity index is 1.58. The van der Waals surface area contributed by atoms with Crippen LogP contribution in [0.3, 0.4) is 0 Å². The minimum atomic E-state index is -0.833. The smallest absolute Gasteiger partial charge is 0.349 e. The lowest BCUT2D eigenvalue weighted by atomic mass is 10.2. The van der Waals surface area contributed by atoms with Crippen LogP contribution in [0.15, 0.2) is 30.3 Å². The molecule has 3 rings (SSSR count). The Morgan fingerprint density at radius 2 is 1.96 bits per heavy atom. The van der Waals surface area contributed by atoms with Gasteiger partial charge >= 0.3 is 5.97 Å². The minimum absolute atomic E-state index is 0.327. The molecule has 1 aromatic heterocycles. The van der Waals surface area contributed by atoms with E-state index in [1.54, 1.807) is 6.92 Å². The van der Waals surface area contributed by atoms with E-state index in [1.165, 1.54) is 21.8 Å². The third kappa shape index (κ3) is 3.62. The second-order valence-electron chi connectivity index (χ2n) is 5.82. The van der Waals surface area contributed by atoms with Crippen molar-refractivity contribution < 1.29 is 14.3 Å². The zero-order chi connectivity index (χ0) is 16.4. The summed E-state index contributed by atoms with van der Waals surface area (Å²) in [5, 5.41) is 2.75. The molecular weight excluding hydrogens is 310 g/mol. The predicted molar refractivity (Wildman–Crippen MR) is 91.0 cm³/mol. The van der Waals surface area contributed by atoms with E-state index >= 15 is 0 Å². The third-order valence-electron chi connectivity index (χ3n) is 3.92. The third-order valence-corrected chi connectivity index (χ3v) is 5.14. The van der Waals surface area contributed by atoms with Gasteiger partial charge in [-0.1, -0.05) is 17.7 Å². The number of carbonyl (C=O) groups excluding carboxylic acids is 2. The van der Waals surface area contributed by atoms with Crippen molar-refractivity contribution in [2.45, 2.75) is 39.2 Å². The van der Waals surface area contributed by atoms with Gasteiger partial charge in [-0.05, 0) is 56.9 Å². The van der Waals surface area contributed by atoms with E-state index in [4.69, 9.17) is 4.74 Å². The van der Waals surface area contributed by atoms with Gasteiger partial charge in [0.05, 0.1) is 0 Å². The summed E-state index contributed by atoms with van der Waals surface area (Å²) < 4.78 is 5.29. The summed E-state index contributed by atoms with van der Waals surface area (Å²) in [5.41, 5.74) is 3.06. The molecule has 0 fully saturated rings. The highest BCUT2D eigenvalue weighted by atomic mass is 32.1. The first-order valence-electron chi connectivity index (χ1n) is 7.73. The van der Waals surface area contributed by atoms with Crippen LogP contribution < -0.4 is 5.32 Å². The van der Waals surface area contributed by atoms with E-state index in [0.29, 0.717) is 10.6 Å². The average molecular weight is 329 g/mol. The molecule has 2 aromatic rings. The maximum absolute atomic E-state index is 12.2. The number of hydrogen-bond donors (Lipinski definition) is 1. The van der Waals surface area contributed by atoms with Gasteiger partial charge in [0.1, 0.15) is 4.88 Å². The topological polar surface area (TPSA) is 55.4 Å². The van der Waals surface area contributed by atoms with Gasteiger partial charge in [0.25, 0.3) is 5.91 Å². The highest BCUT2D eigenvalue weighted by Gasteiger charge is 2.23. The fourth-order valence-electron chi connectivity index (χ4n) is 2.58. The highest BCUT2D eigenvalue weighted by molar-refractivity contribution is 7.14. The normalized spacial score (nSPS) is 14.2. The van der Waals surface area contributed by atoms with E-state index in [2.05, 4.69) is 5.32 Å². The molecule has 1 heterocycles. The minimum Gasteiger partial charge on any atom is -0.448 e. The van der Waals surface area contributed by atoms with E-state index in [1.807, 2.05) is 37.3 Å². The first-order chi connectivity index (χ1) is 11.0. The van der Waals surface area contributed by atoms with Gasteiger partial charge in [-0.3, -0.25) is 4.79 Å². The number of nitrogens with one attached hydrogen (secondary N) is 1. The zero-order valence-corrected chi connectivity index (χ0v) is 14.0. The molecule has 0 saturated heterocycles. The molecule has 0 radical (unpaired) electrons. The van der Waals surface area contributed by atoms with Crippen molar-refractivity contribution in [3.8, 4) is 0 Å². The summed E-state index contributed by atoms with van der Waals surface area (Å²) in [7, 11) is 0. The number of fused-ring (bicyclic) bond motifs is 1. The summed E-state index contributed by atoms with van der Waals surface area (Å²) in [6.45, 7) is 3.57. The van der Waals surface area contributed by atoms with Crippen LogP contribution >= 0.6 is 11.3 Å². The summed E-state index contributed by atoms with van der Waals surface area (Å²) in [5.74, 6) is -0.748.